The summed E-state index contributed by atoms with van der Waals surface area (Å²) < 4.78 is 34.0. The first-order valence-corrected chi connectivity index (χ1v) is 11.6. The number of hydrogen-bond donors (Lipinski definition) is 0. The Morgan fingerprint density at radius 3 is 2.77 bits per heavy atom. The summed E-state index contributed by atoms with van der Waals surface area (Å²) in [4.78, 5) is 22.7. The van der Waals surface area contributed by atoms with Crippen LogP contribution in [0.5, 0.6) is 0 Å². The van der Waals surface area contributed by atoms with Crippen molar-refractivity contribution in [2.75, 3.05) is 50.5 Å². The van der Waals surface area contributed by atoms with Crippen LogP contribution in [0.4, 0.5) is 13.9 Å². The van der Waals surface area contributed by atoms with Crippen LogP contribution in [-0.2, 0) is 4.74 Å². The molecule has 3 aromatic rings. The average molecular weight is 450 g/mol. The fourth-order valence-electron chi connectivity index (χ4n) is 3.29. The van der Waals surface area contributed by atoms with Crippen molar-refractivity contribution in [1.82, 2.24) is 9.88 Å². The minimum atomic E-state index is -0.873. The first-order chi connectivity index (χ1) is 14.5. The number of halogens is 2. The fourth-order valence-corrected chi connectivity index (χ4v) is 4.84. The second-order valence-corrected chi connectivity index (χ2v) is 8.75. The Hall–Kier alpha value is -2.07. The third-order valence-electron chi connectivity index (χ3n) is 4.97. The number of nitrogens with zero attached hydrogens (tertiary/aromatic N) is 3. The van der Waals surface area contributed by atoms with Crippen molar-refractivity contribution in [2.45, 2.75) is 4.90 Å². The fraction of sp³-hybridized carbons (Fsp3) is 0.333. The van der Waals surface area contributed by atoms with E-state index in [1.807, 2.05) is 24.5 Å². The Balaban J connectivity index is 1.66. The monoisotopic (exact) mass is 449 g/mol. The van der Waals surface area contributed by atoms with Crippen LogP contribution < -0.4 is 4.90 Å². The van der Waals surface area contributed by atoms with Crippen molar-refractivity contribution < 1.29 is 18.3 Å². The Labute approximate surface area is 181 Å². The molecule has 30 heavy (non-hydrogen) atoms. The standard InChI is InChI=1S/C21H21F2N3O2S2/c1-29-15-3-5-18-19(13-15)30-21(24-18)26(7-6-25-8-10-28-11-9-25)20(27)16-4-2-14(22)12-17(16)23/h2-5,12-13H,6-11H2,1H3. The Bertz CT molecular complexity index is 1050. The number of rotatable bonds is 6. The molecule has 0 spiro atoms. The van der Waals surface area contributed by atoms with E-state index in [0.29, 0.717) is 31.4 Å². The number of hydrogen-bond acceptors (Lipinski definition) is 6. The number of ether oxygens (including phenoxy) is 1. The second-order valence-electron chi connectivity index (χ2n) is 6.87. The van der Waals surface area contributed by atoms with Crippen LogP contribution in [0, 0.1) is 11.6 Å². The maximum Gasteiger partial charge on any atom is 0.263 e. The highest BCUT2D eigenvalue weighted by atomic mass is 32.2. The van der Waals surface area contributed by atoms with E-state index in [1.165, 1.54) is 22.3 Å². The van der Waals surface area contributed by atoms with Crippen LogP contribution in [0.15, 0.2) is 41.3 Å². The molecule has 5 nitrogen and oxygen atoms in total. The largest absolute Gasteiger partial charge is 0.379 e. The Kier molecular flexibility index (Phi) is 6.62. The molecule has 1 fully saturated rings. The second kappa shape index (κ2) is 9.38. The van der Waals surface area contributed by atoms with Gasteiger partial charge >= 0.3 is 0 Å². The molecular formula is C21H21F2N3O2S2. The number of thioether (sulfide) groups is 1. The predicted molar refractivity (Wildman–Crippen MR) is 117 cm³/mol. The lowest BCUT2D eigenvalue weighted by Gasteiger charge is -2.29. The van der Waals surface area contributed by atoms with Gasteiger partial charge in [-0.3, -0.25) is 14.6 Å². The summed E-state index contributed by atoms with van der Waals surface area (Å²) in [6.07, 6.45) is 2.00. The summed E-state index contributed by atoms with van der Waals surface area (Å²) in [7, 11) is 0. The number of fused-ring (bicyclic) bond motifs is 1. The summed E-state index contributed by atoms with van der Waals surface area (Å²) in [5.41, 5.74) is 0.624. The maximum atomic E-state index is 14.3. The molecule has 0 radical (unpaired) electrons. The molecule has 1 aliphatic rings. The topological polar surface area (TPSA) is 45.7 Å². The molecular weight excluding hydrogens is 428 g/mol. The van der Waals surface area contributed by atoms with Gasteiger partial charge < -0.3 is 4.74 Å². The van der Waals surface area contributed by atoms with Gasteiger partial charge in [-0.25, -0.2) is 13.8 Å². The van der Waals surface area contributed by atoms with Crippen LogP contribution in [0.3, 0.4) is 0 Å². The summed E-state index contributed by atoms with van der Waals surface area (Å²) >= 11 is 3.03. The minimum Gasteiger partial charge on any atom is -0.379 e. The van der Waals surface area contributed by atoms with Gasteiger partial charge in [-0.15, -0.1) is 11.8 Å². The molecule has 2 aromatic carbocycles. The zero-order chi connectivity index (χ0) is 21.1. The lowest BCUT2D eigenvalue weighted by atomic mass is 10.2. The molecule has 1 aliphatic heterocycles. The summed E-state index contributed by atoms with van der Waals surface area (Å²) in [5, 5.41) is 0.505. The van der Waals surface area contributed by atoms with Crippen LogP contribution >= 0.6 is 23.1 Å². The molecule has 0 aliphatic carbocycles. The van der Waals surface area contributed by atoms with Crippen molar-refractivity contribution in [3.63, 3.8) is 0 Å². The van der Waals surface area contributed by atoms with E-state index in [-0.39, 0.29) is 5.56 Å². The minimum absolute atomic E-state index is 0.164. The molecule has 0 saturated carbocycles. The number of amides is 1. The predicted octanol–water partition coefficient (Wildman–Crippen LogP) is 4.28. The average Bonchev–Trinajstić information content (AvgIpc) is 3.17. The Morgan fingerprint density at radius 1 is 1.23 bits per heavy atom. The first kappa shape index (κ1) is 21.2. The van der Waals surface area contributed by atoms with E-state index in [4.69, 9.17) is 4.74 Å². The lowest BCUT2D eigenvalue weighted by molar-refractivity contribution is 0.0391. The molecule has 2 heterocycles. The highest BCUT2D eigenvalue weighted by Gasteiger charge is 2.25. The van der Waals surface area contributed by atoms with E-state index in [9.17, 15) is 13.6 Å². The third-order valence-corrected chi connectivity index (χ3v) is 6.73. The normalized spacial score (nSPS) is 14.9. The summed E-state index contributed by atoms with van der Waals surface area (Å²) in [6, 6.07) is 8.95. The zero-order valence-electron chi connectivity index (χ0n) is 16.4. The number of carbonyl (C=O) groups is 1. The zero-order valence-corrected chi connectivity index (χ0v) is 18.1. The van der Waals surface area contributed by atoms with Gasteiger partial charge in [0.05, 0.1) is 29.0 Å². The van der Waals surface area contributed by atoms with E-state index in [1.54, 1.807) is 11.8 Å². The van der Waals surface area contributed by atoms with E-state index >= 15 is 0 Å². The van der Waals surface area contributed by atoms with Crippen LogP contribution in [0.2, 0.25) is 0 Å². The highest BCUT2D eigenvalue weighted by molar-refractivity contribution is 7.98. The van der Waals surface area contributed by atoms with Gasteiger partial charge in [0.2, 0.25) is 0 Å². The molecule has 0 bridgehead atoms. The molecule has 0 N–H and O–H groups in total. The van der Waals surface area contributed by atoms with E-state index in [2.05, 4.69) is 9.88 Å². The van der Waals surface area contributed by atoms with Gasteiger partial charge in [0.15, 0.2) is 5.13 Å². The van der Waals surface area contributed by atoms with Gasteiger partial charge in [-0.1, -0.05) is 11.3 Å². The van der Waals surface area contributed by atoms with Crippen LogP contribution in [0.1, 0.15) is 10.4 Å². The molecule has 9 heteroatoms. The quantitative estimate of drug-likeness (QED) is 0.526. The van der Waals surface area contributed by atoms with Crippen molar-refractivity contribution >= 4 is 44.4 Å². The number of anilines is 1. The van der Waals surface area contributed by atoms with Crippen molar-refractivity contribution in [3.8, 4) is 0 Å². The molecule has 1 amide bonds. The lowest BCUT2D eigenvalue weighted by Crippen LogP contribution is -2.43. The van der Waals surface area contributed by atoms with Crippen LogP contribution in [0.25, 0.3) is 10.2 Å². The third kappa shape index (κ3) is 4.64. The number of benzene rings is 2. The molecule has 0 unspecified atom stereocenters. The molecule has 1 aromatic heterocycles. The van der Waals surface area contributed by atoms with Gasteiger partial charge in [0.1, 0.15) is 11.6 Å². The first-order valence-electron chi connectivity index (χ1n) is 9.57. The van der Waals surface area contributed by atoms with Crippen LogP contribution in [-0.4, -0.2) is 61.4 Å². The number of carbonyl (C=O) groups excluding carboxylic acids is 1. The van der Waals surface area contributed by atoms with Crippen molar-refractivity contribution in [3.05, 3.63) is 53.6 Å². The smallest absolute Gasteiger partial charge is 0.263 e. The maximum absolute atomic E-state index is 14.3. The summed E-state index contributed by atoms with van der Waals surface area (Å²) in [6.45, 7) is 3.83. The van der Waals surface area contributed by atoms with Crippen molar-refractivity contribution in [1.29, 1.82) is 0 Å². The SMILES string of the molecule is CSc1ccc2nc(N(CCN3CCOCC3)C(=O)c3ccc(F)cc3F)sc2c1. The molecule has 1 saturated heterocycles. The van der Waals surface area contributed by atoms with Gasteiger partial charge in [-0.05, 0) is 36.6 Å². The van der Waals surface area contributed by atoms with E-state index < -0.39 is 17.5 Å². The van der Waals surface area contributed by atoms with Gasteiger partial charge in [0, 0.05) is 37.1 Å². The van der Waals surface area contributed by atoms with E-state index in [0.717, 1.165) is 40.3 Å². The number of thiazole rings is 1. The molecule has 0 atom stereocenters. The number of morpholine rings is 1. The molecule has 158 valence electrons. The highest BCUT2D eigenvalue weighted by Crippen LogP contribution is 2.32. The van der Waals surface area contributed by atoms with Crippen molar-refractivity contribution in [2.24, 2.45) is 0 Å². The summed E-state index contributed by atoms with van der Waals surface area (Å²) in [5.74, 6) is -2.11. The molecule has 4 rings (SSSR count). The van der Waals surface area contributed by atoms with Gasteiger partial charge in [0.25, 0.3) is 5.91 Å². The van der Waals surface area contributed by atoms with Gasteiger partial charge in [-0.2, -0.15) is 0 Å². The Morgan fingerprint density at radius 2 is 2.03 bits per heavy atom. The number of aromatic nitrogens is 1.